The topological polar surface area (TPSA) is 47.9 Å². The number of rotatable bonds is 8. The minimum Gasteiger partial charge on any atom is -0.393 e. The molecule has 4 rings (SSSR count). The van der Waals surface area contributed by atoms with Gasteiger partial charge in [0.05, 0.1) is 25.9 Å². The van der Waals surface area contributed by atoms with Gasteiger partial charge in [-0.25, -0.2) is 0 Å². The Kier molecular flexibility index (Phi) is 5.94. The van der Waals surface area contributed by atoms with Crippen LogP contribution in [0.1, 0.15) is 50.5 Å². The Morgan fingerprint density at radius 3 is 2.62 bits per heavy atom. The van der Waals surface area contributed by atoms with Crippen LogP contribution in [0.2, 0.25) is 0 Å². The molecule has 0 amide bonds. The van der Waals surface area contributed by atoms with Gasteiger partial charge < -0.3 is 19.3 Å². The standard InChI is InChI=1S/C22H32O4/c23-21-18(13-19-14-22(15-20(19)21)25-11-12-26-22)9-5-2-6-10-24-16-17-7-3-1-4-8-17/h1,3-4,7-8,18-21,23H,2,5-6,9-16H2/t18-,19+,20-,21+/m1/s1. The number of hydrogen-bond acceptors (Lipinski definition) is 4. The van der Waals surface area contributed by atoms with Crippen LogP contribution in [0.15, 0.2) is 30.3 Å². The molecule has 4 heteroatoms. The molecule has 4 nitrogen and oxygen atoms in total. The Balaban J connectivity index is 1.09. The molecule has 0 bridgehead atoms. The van der Waals surface area contributed by atoms with Crippen LogP contribution in [-0.2, 0) is 20.8 Å². The quantitative estimate of drug-likeness (QED) is 0.714. The first-order valence-corrected chi connectivity index (χ1v) is 10.3. The molecule has 1 aliphatic heterocycles. The molecule has 2 aliphatic carbocycles. The summed E-state index contributed by atoms with van der Waals surface area (Å²) in [5.74, 6) is 1.08. The van der Waals surface area contributed by atoms with Crippen LogP contribution in [0.3, 0.4) is 0 Å². The van der Waals surface area contributed by atoms with Crippen molar-refractivity contribution in [3.8, 4) is 0 Å². The number of hydrogen-bond donors (Lipinski definition) is 1. The summed E-state index contributed by atoms with van der Waals surface area (Å²) in [6.45, 7) is 2.96. The summed E-state index contributed by atoms with van der Waals surface area (Å²) >= 11 is 0. The second-order valence-corrected chi connectivity index (χ2v) is 8.31. The van der Waals surface area contributed by atoms with Gasteiger partial charge in [-0.3, -0.25) is 0 Å². The van der Waals surface area contributed by atoms with E-state index < -0.39 is 0 Å². The third-order valence-corrected chi connectivity index (χ3v) is 6.54. The number of fused-ring (bicyclic) bond motifs is 1. The molecule has 0 aromatic heterocycles. The van der Waals surface area contributed by atoms with E-state index in [2.05, 4.69) is 12.1 Å². The van der Waals surface area contributed by atoms with Crippen LogP contribution in [-0.4, -0.2) is 36.8 Å². The van der Waals surface area contributed by atoms with Gasteiger partial charge in [-0.1, -0.05) is 43.2 Å². The average Bonchev–Trinajstić information content (AvgIpc) is 3.33. The van der Waals surface area contributed by atoms with Crippen molar-refractivity contribution in [3.63, 3.8) is 0 Å². The summed E-state index contributed by atoms with van der Waals surface area (Å²) in [6, 6.07) is 10.3. The Bertz CT molecular complexity index is 555. The summed E-state index contributed by atoms with van der Waals surface area (Å²) in [4.78, 5) is 0. The van der Waals surface area contributed by atoms with E-state index in [0.717, 1.165) is 38.7 Å². The maximum Gasteiger partial charge on any atom is 0.169 e. The highest BCUT2D eigenvalue weighted by atomic mass is 16.7. The largest absolute Gasteiger partial charge is 0.393 e. The van der Waals surface area contributed by atoms with Crippen LogP contribution in [0.4, 0.5) is 0 Å². The van der Waals surface area contributed by atoms with Crippen LogP contribution in [0.5, 0.6) is 0 Å². The van der Waals surface area contributed by atoms with E-state index >= 15 is 0 Å². The van der Waals surface area contributed by atoms with Crippen molar-refractivity contribution in [2.45, 2.75) is 63.4 Å². The molecule has 0 radical (unpaired) electrons. The van der Waals surface area contributed by atoms with Crippen molar-refractivity contribution in [1.82, 2.24) is 0 Å². The molecule has 3 fully saturated rings. The van der Waals surface area contributed by atoms with Crippen LogP contribution in [0, 0.1) is 17.8 Å². The van der Waals surface area contributed by atoms with Crippen molar-refractivity contribution in [1.29, 1.82) is 0 Å². The third kappa shape index (κ3) is 4.14. The zero-order valence-corrected chi connectivity index (χ0v) is 15.6. The van der Waals surface area contributed by atoms with E-state index in [1.54, 1.807) is 0 Å². The van der Waals surface area contributed by atoms with E-state index in [0.29, 0.717) is 37.6 Å². The molecule has 1 aromatic carbocycles. The SMILES string of the molecule is O[C@H]1[C@H](CCCCCOCc2ccccc2)C[C@H]2CC3(C[C@H]21)OCCO3. The molecule has 1 saturated heterocycles. The van der Waals surface area contributed by atoms with Gasteiger partial charge >= 0.3 is 0 Å². The highest BCUT2D eigenvalue weighted by Gasteiger charge is 2.56. The lowest BCUT2D eigenvalue weighted by atomic mass is 9.93. The van der Waals surface area contributed by atoms with E-state index in [4.69, 9.17) is 14.2 Å². The molecule has 1 spiro atoms. The van der Waals surface area contributed by atoms with E-state index in [9.17, 15) is 5.11 Å². The Labute approximate surface area is 156 Å². The van der Waals surface area contributed by atoms with Gasteiger partial charge in [0.2, 0.25) is 0 Å². The summed E-state index contributed by atoms with van der Waals surface area (Å²) < 4.78 is 17.4. The lowest BCUT2D eigenvalue weighted by Gasteiger charge is -2.25. The van der Waals surface area contributed by atoms with Crippen molar-refractivity contribution in [2.24, 2.45) is 17.8 Å². The number of benzene rings is 1. The molecule has 4 atom stereocenters. The monoisotopic (exact) mass is 360 g/mol. The minimum absolute atomic E-state index is 0.165. The summed E-state index contributed by atoms with van der Waals surface area (Å²) in [6.07, 6.45) is 7.47. The zero-order chi connectivity index (χ0) is 17.8. The predicted molar refractivity (Wildman–Crippen MR) is 99.5 cm³/mol. The molecule has 1 heterocycles. The highest BCUT2D eigenvalue weighted by Crippen LogP contribution is 2.54. The van der Waals surface area contributed by atoms with Gasteiger partial charge in [-0.2, -0.15) is 0 Å². The molecule has 3 aliphatic rings. The normalized spacial score (nSPS) is 32.3. The average molecular weight is 360 g/mol. The molecule has 144 valence electrons. The molecule has 26 heavy (non-hydrogen) atoms. The number of aliphatic hydroxyl groups is 1. The van der Waals surface area contributed by atoms with Gasteiger partial charge in [0.1, 0.15) is 0 Å². The summed E-state index contributed by atoms with van der Waals surface area (Å²) in [5.41, 5.74) is 1.24. The molecule has 2 saturated carbocycles. The fraction of sp³-hybridized carbons (Fsp3) is 0.727. The molecule has 1 aromatic rings. The highest BCUT2D eigenvalue weighted by molar-refractivity contribution is 5.13. The number of ether oxygens (including phenoxy) is 3. The van der Waals surface area contributed by atoms with E-state index in [1.165, 1.54) is 18.4 Å². The van der Waals surface area contributed by atoms with Gasteiger partial charge in [0.25, 0.3) is 0 Å². The Hall–Kier alpha value is -0.940. The summed E-state index contributed by atoms with van der Waals surface area (Å²) in [5, 5.41) is 10.7. The van der Waals surface area contributed by atoms with Crippen LogP contribution in [0.25, 0.3) is 0 Å². The second kappa shape index (κ2) is 8.39. The molecule has 1 N–H and O–H groups in total. The minimum atomic E-state index is -0.350. The lowest BCUT2D eigenvalue weighted by molar-refractivity contribution is -0.158. The van der Waals surface area contributed by atoms with Crippen molar-refractivity contribution in [3.05, 3.63) is 35.9 Å². The fourth-order valence-electron chi connectivity index (χ4n) is 5.27. The van der Waals surface area contributed by atoms with E-state index in [1.807, 2.05) is 18.2 Å². The summed E-state index contributed by atoms with van der Waals surface area (Å²) in [7, 11) is 0. The number of unbranched alkanes of at least 4 members (excludes halogenated alkanes) is 2. The maximum atomic E-state index is 10.7. The van der Waals surface area contributed by atoms with Gasteiger partial charge in [0.15, 0.2) is 5.79 Å². The van der Waals surface area contributed by atoms with Gasteiger partial charge in [0, 0.05) is 19.4 Å². The first kappa shape index (κ1) is 18.4. The van der Waals surface area contributed by atoms with Gasteiger partial charge in [-0.15, -0.1) is 0 Å². The van der Waals surface area contributed by atoms with Crippen molar-refractivity contribution >= 4 is 0 Å². The second-order valence-electron chi connectivity index (χ2n) is 8.31. The van der Waals surface area contributed by atoms with Gasteiger partial charge in [-0.05, 0) is 42.6 Å². The fourth-order valence-corrected chi connectivity index (χ4v) is 5.27. The molecule has 0 unspecified atom stereocenters. The van der Waals surface area contributed by atoms with E-state index in [-0.39, 0.29) is 11.9 Å². The maximum absolute atomic E-state index is 10.7. The van der Waals surface area contributed by atoms with Crippen LogP contribution < -0.4 is 0 Å². The van der Waals surface area contributed by atoms with Crippen LogP contribution >= 0.6 is 0 Å². The Morgan fingerprint density at radius 1 is 1.04 bits per heavy atom. The predicted octanol–water partition coefficient (Wildman–Crippen LogP) is 3.91. The zero-order valence-electron chi connectivity index (χ0n) is 15.6. The lowest BCUT2D eigenvalue weighted by Crippen LogP contribution is -2.30. The van der Waals surface area contributed by atoms with Crippen molar-refractivity contribution < 1.29 is 19.3 Å². The third-order valence-electron chi connectivity index (χ3n) is 6.54. The smallest absolute Gasteiger partial charge is 0.169 e. The first-order chi connectivity index (χ1) is 12.8. The first-order valence-electron chi connectivity index (χ1n) is 10.3. The van der Waals surface area contributed by atoms with Crippen molar-refractivity contribution in [2.75, 3.05) is 19.8 Å². The molecular weight excluding hydrogens is 328 g/mol. The Morgan fingerprint density at radius 2 is 1.85 bits per heavy atom. The number of aliphatic hydroxyl groups excluding tert-OH is 1. The molecular formula is C22H32O4.